The van der Waals surface area contributed by atoms with E-state index < -0.39 is 17.7 Å². The zero-order valence-electron chi connectivity index (χ0n) is 21.6. The summed E-state index contributed by atoms with van der Waals surface area (Å²) in [6.45, 7) is 7.02. The Morgan fingerprint density at radius 1 is 1.11 bits per heavy atom. The van der Waals surface area contributed by atoms with Crippen molar-refractivity contribution >= 4 is 44.7 Å². The predicted molar refractivity (Wildman–Crippen MR) is 151 cm³/mol. The van der Waals surface area contributed by atoms with Crippen molar-refractivity contribution in [1.82, 2.24) is 15.3 Å². The molecule has 4 rings (SSSR count). The van der Waals surface area contributed by atoms with Crippen molar-refractivity contribution in [2.75, 3.05) is 23.7 Å². The minimum Gasteiger partial charge on any atom is -0.387 e. The minimum absolute atomic E-state index is 0.296. The third-order valence-corrected chi connectivity index (χ3v) is 6.32. The maximum Gasteiger partial charge on any atom is 0.255 e. The third kappa shape index (κ3) is 7.96. The van der Waals surface area contributed by atoms with Crippen LogP contribution in [0.25, 0.3) is 10.2 Å². The molecular formula is C28H34FN5O2S. The van der Waals surface area contributed by atoms with Crippen molar-refractivity contribution in [3.8, 4) is 0 Å². The van der Waals surface area contributed by atoms with Gasteiger partial charge in [-0.25, -0.2) is 14.4 Å². The predicted octanol–water partition coefficient (Wildman–Crippen LogP) is 5.95. The van der Waals surface area contributed by atoms with Crippen LogP contribution < -0.4 is 16.0 Å². The van der Waals surface area contributed by atoms with Crippen molar-refractivity contribution in [3.05, 3.63) is 77.4 Å². The highest BCUT2D eigenvalue weighted by Gasteiger charge is 2.27. The fourth-order valence-corrected chi connectivity index (χ4v) is 4.16. The number of benzene rings is 2. The van der Waals surface area contributed by atoms with E-state index in [2.05, 4.69) is 25.9 Å². The first-order chi connectivity index (χ1) is 17.8. The highest BCUT2D eigenvalue weighted by Crippen LogP contribution is 2.26. The van der Waals surface area contributed by atoms with Crippen molar-refractivity contribution in [3.63, 3.8) is 0 Å². The van der Waals surface area contributed by atoms with Gasteiger partial charge in [0, 0.05) is 24.5 Å². The number of carbonyl (C=O) groups excluding carboxylic acids is 1. The monoisotopic (exact) mass is 523 g/mol. The molecule has 0 saturated heterocycles. The van der Waals surface area contributed by atoms with Crippen molar-refractivity contribution in [2.24, 2.45) is 0 Å². The Kier molecular flexibility index (Phi) is 9.93. The number of amides is 1. The second kappa shape index (κ2) is 13.1. The second-order valence-electron chi connectivity index (χ2n) is 8.77. The van der Waals surface area contributed by atoms with Crippen LogP contribution in [-0.4, -0.2) is 45.8 Å². The lowest BCUT2D eigenvalue weighted by atomic mass is 10.0. The van der Waals surface area contributed by atoms with E-state index in [0.29, 0.717) is 23.6 Å². The first kappa shape index (κ1) is 28.0. The number of halogens is 1. The molecule has 2 aromatic heterocycles. The molecule has 0 saturated carbocycles. The molecule has 4 N–H and O–H groups in total. The van der Waals surface area contributed by atoms with Crippen LogP contribution in [0.2, 0.25) is 0 Å². The van der Waals surface area contributed by atoms with Gasteiger partial charge in [-0.05, 0) is 44.0 Å². The van der Waals surface area contributed by atoms with Gasteiger partial charge in [-0.3, -0.25) is 4.79 Å². The summed E-state index contributed by atoms with van der Waals surface area (Å²) in [7, 11) is 0. The zero-order chi connectivity index (χ0) is 26.8. The third-order valence-electron chi connectivity index (χ3n) is 5.53. The Balaban J connectivity index is 0.00000186. The maximum absolute atomic E-state index is 14.2. The molecule has 1 amide bonds. The number of pyridine rings is 1. The van der Waals surface area contributed by atoms with Crippen LogP contribution in [0, 0.1) is 0 Å². The summed E-state index contributed by atoms with van der Waals surface area (Å²) < 4.78 is 15.2. The molecule has 0 aliphatic heterocycles. The summed E-state index contributed by atoms with van der Waals surface area (Å²) in [5, 5.41) is 19.0. The molecule has 0 bridgehead atoms. The number of hydrogen-bond donors (Lipinski definition) is 4. The summed E-state index contributed by atoms with van der Waals surface area (Å²) in [6.07, 6.45) is 0.627. The number of rotatable bonds is 10. The van der Waals surface area contributed by atoms with Gasteiger partial charge in [0.15, 0.2) is 0 Å². The van der Waals surface area contributed by atoms with Crippen LogP contribution in [0.4, 0.5) is 21.6 Å². The fourth-order valence-electron chi connectivity index (χ4n) is 3.45. The van der Waals surface area contributed by atoms with E-state index in [9.17, 15) is 14.3 Å². The molecule has 2 aromatic carbocycles. The number of fused-ring (bicyclic) bond motifs is 1. The first-order valence-electron chi connectivity index (χ1n) is 12.3. The Hall–Kier alpha value is -3.56. The number of nitrogens with zero attached hydrogens (tertiary/aromatic N) is 2. The lowest BCUT2D eigenvalue weighted by Crippen LogP contribution is -2.42. The van der Waals surface area contributed by atoms with Crippen LogP contribution in [0.5, 0.6) is 0 Å². The standard InChI is InChI=1S/C26H28FN5O2S.C2H6/c1-26(2,34)23(27)15-30-25(33)19-14-29-24(32-18-8-9-20-22(12-18)35-16-31-20)13-21(19)28-11-10-17-6-4-3-5-7-17;1-2/h3-9,12-14,16,23,34H,10-11,15H2,1-2H3,(H,30,33)(H2,28,29,32);1-2H3. The molecule has 2 heterocycles. The quantitative estimate of drug-likeness (QED) is 0.205. The average Bonchev–Trinajstić information content (AvgIpc) is 3.36. The number of thiazole rings is 1. The number of aliphatic hydroxyl groups is 1. The van der Waals surface area contributed by atoms with E-state index in [4.69, 9.17) is 0 Å². The smallest absolute Gasteiger partial charge is 0.255 e. The van der Waals surface area contributed by atoms with Gasteiger partial charge in [0.05, 0.1) is 39.1 Å². The molecular weight excluding hydrogens is 489 g/mol. The van der Waals surface area contributed by atoms with Gasteiger partial charge in [-0.1, -0.05) is 44.2 Å². The molecule has 0 radical (unpaired) electrons. The molecule has 9 heteroatoms. The molecule has 4 aromatic rings. The summed E-state index contributed by atoms with van der Waals surface area (Å²) in [5.41, 5.74) is 4.08. The molecule has 196 valence electrons. The lowest BCUT2D eigenvalue weighted by Gasteiger charge is -2.22. The number of carbonyl (C=O) groups is 1. The maximum atomic E-state index is 14.2. The fraction of sp³-hybridized carbons (Fsp3) is 0.321. The molecule has 0 fully saturated rings. The van der Waals surface area contributed by atoms with Gasteiger partial charge < -0.3 is 21.1 Å². The van der Waals surface area contributed by atoms with Crippen molar-refractivity contribution in [1.29, 1.82) is 0 Å². The normalized spacial score (nSPS) is 11.8. The highest BCUT2D eigenvalue weighted by atomic mass is 32.1. The van der Waals surface area contributed by atoms with Gasteiger partial charge in [0.25, 0.3) is 5.91 Å². The molecule has 0 aliphatic carbocycles. The number of nitrogens with one attached hydrogen (secondary N) is 3. The Morgan fingerprint density at radius 2 is 1.86 bits per heavy atom. The van der Waals surface area contributed by atoms with Gasteiger partial charge in [-0.2, -0.15) is 0 Å². The summed E-state index contributed by atoms with van der Waals surface area (Å²) >= 11 is 1.55. The number of aromatic nitrogens is 2. The van der Waals surface area contributed by atoms with Gasteiger partial charge in [0.2, 0.25) is 0 Å². The molecule has 0 spiro atoms. The zero-order valence-corrected chi connectivity index (χ0v) is 22.4. The van der Waals surface area contributed by atoms with Crippen LogP contribution in [-0.2, 0) is 6.42 Å². The van der Waals surface area contributed by atoms with Crippen LogP contribution in [0.1, 0.15) is 43.6 Å². The van der Waals surface area contributed by atoms with Gasteiger partial charge >= 0.3 is 0 Å². The van der Waals surface area contributed by atoms with Crippen LogP contribution >= 0.6 is 11.3 Å². The summed E-state index contributed by atoms with van der Waals surface area (Å²) in [5.74, 6) is 0.0942. The van der Waals surface area contributed by atoms with E-state index in [1.165, 1.54) is 25.6 Å². The van der Waals surface area contributed by atoms with Crippen LogP contribution in [0.3, 0.4) is 0 Å². The Labute approximate surface area is 221 Å². The van der Waals surface area contributed by atoms with Gasteiger partial charge in [-0.15, -0.1) is 11.3 Å². The number of anilines is 3. The second-order valence-corrected chi connectivity index (χ2v) is 9.65. The molecule has 37 heavy (non-hydrogen) atoms. The van der Waals surface area contributed by atoms with Crippen molar-refractivity contribution in [2.45, 2.75) is 45.9 Å². The van der Waals surface area contributed by atoms with E-state index >= 15 is 0 Å². The van der Waals surface area contributed by atoms with E-state index in [1.54, 1.807) is 22.9 Å². The van der Waals surface area contributed by atoms with Crippen LogP contribution in [0.15, 0.2) is 66.3 Å². The topological polar surface area (TPSA) is 99.2 Å². The molecule has 1 atom stereocenters. The Morgan fingerprint density at radius 3 is 2.59 bits per heavy atom. The SMILES string of the molecule is CC.CC(C)(O)C(F)CNC(=O)c1cnc(Nc2ccc3ncsc3c2)cc1NCCc1ccccc1. The van der Waals surface area contributed by atoms with Gasteiger partial charge in [0.1, 0.15) is 12.0 Å². The van der Waals surface area contributed by atoms with Crippen molar-refractivity contribution < 1.29 is 14.3 Å². The molecule has 0 aliphatic rings. The highest BCUT2D eigenvalue weighted by molar-refractivity contribution is 7.16. The molecule has 1 unspecified atom stereocenters. The first-order valence-corrected chi connectivity index (χ1v) is 13.2. The molecule has 7 nitrogen and oxygen atoms in total. The average molecular weight is 524 g/mol. The van der Waals surface area contributed by atoms with E-state index in [1.807, 2.05) is 62.4 Å². The summed E-state index contributed by atoms with van der Waals surface area (Å²) in [4.78, 5) is 21.5. The van der Waals surface area contributed by atoms with E-state index in [0.717, 1.165) is 22.3 Å². The Bertz CT molecular complexity index is 1290. The minimum atomic E-state index is -1.60. The lowest BCUT2D eigenvalue weighted by molar-refractivity contribution is -0.00177. The summed E-state index contributed by atoms with van der Waals surface area (Å²) in [6, 6.07) is 17.6. The largest absolute Gasteiger partial charge is 0.387 e. The number of alkyl halides is 1. The van der Waals surface area contributed by atoms with E-state index in [-0.39, 0.29) is 6.54 Å². The number of hydrogen-bond acceptors (Lipinski definition) is 7.